The molecule has 0 saturated carbocycles. The van der Waals surface area contributed by atoms with Gasteiger partial charge in [0, 0.05) is 6.42 Å². The number of amides is 1. The molecule has 0 aromatic carbocycles. The largest absolute Gasteiger partial charge is 0.467 e. The van der Waals surface area contributed by atoms with Crippen LogP contribution in [0.3, 0.4) is 0 Å². The Bertz CT molecular complexity index is 603. The molecule has 1 aliphatic heterocycles. The second-order valence-electron chi connectivity index (χ2n) is 10.3. The second kappa shape index (κ2) is 8.57. The summed E-state index contributed by atoms with van der Waals surface area (Å²) in [6, 6.07) is -1.04. The summed E-state index contributed by atoms with van der Waals surface area (Å²) < 4.78 is 17.3. The third-order valence-electron chi connectivity index (χ3n) is 5.47. The molecule has 0 spiro atoms. The molecule has 1 amide bonds. The SMILES string of the molecule is C=C(C)C[C@@H]1[C@@H](O[Si](C)(C)C(C)(C)C)C[C@@H](C(=O)OC)N1C(=O)OC(C)(C)C. The number of hydrogen-bond acceptors (Lipinski definition) is 5. The minimum atomic E-state index is -2.11. The maximum absolute atomic E-state index is 13.0. The topological polar surface area (TPSA) is 65.1 Å². The number of nitrogens with zero attached hydrogens (tertiary/aromatic N) is 1. The molecular weight excluding hydrogens is 374 g/mol. The third-order valence-corrected chi connectivity index (χ3v) is 9.97. The van der Waals surface area contributed by atoms with Crippen molar-refractivity contribution < 1.29 is 23.5 Å². The number of carbonyl (C=O) groups is 2. The molecule has 28 heavy (non-hydrogen) atoms. The lowest BCUT2D eigenvalue weighted by atomic mass is 10.0. The van der Waals surface area contributed by atoms with Crippen molar-refractivity contribution in [2.24, 2.45) is 0 Å². The standard InChI is InChI=1S/C21H39NO5Si/c1-14(2)12-15-17(27-28(10,11)21(6,7)8)13-16(18(23)25-9)22(15)19(24)26-20(3,4)5/h15-17H,1,12-13H2,2-11H3/t15-,16+,17+/m1/s1. The van der Waals surface area contributed by atoms with Crippen molar-refractivity contribution in [2.75, 3.05) is 7.11 Å². The lowest BCUT2D eigenvalue weighted by Crippen LogP contribution is -2.51. The quantitative estimate of drug-likeness (QED) is 0.364. The van der Waals surface area contributed by atoms with Crippen LogP contribution in [0.1, 0.15) is 61.3 Å². The van der Waals surface area contributed by atoms with Crippen LogP contribution < -0.4 is 0 Å². The normalized spacial score (nSPS) is 23.5. The molecule has 7 heteroatoms. The Balaban J connectivity index is 3.31. The monoisotopic (exact) mass is 413 g/mol. The Morgan fingerprint density at radius 1 is 1.14 bits per heavy atom. The van der Waals surface area contributed by atoms with Crippen LogP contribution >= 0.6 is 0 Å². The van der Waals surface area contributed by atoms with Crippen LogP contribution in [0, 0.1) is 0 Å². The molecule has 1 saturated heterocycles. The van der Waals surface area contributed by atoms with Gasteiger partial charge in [-0.1, -0.05) is 26.3 Å². The molecule has 0 aliphatic carbocycles. The maximum Gasteiger partial charge on any atom is 0.411 e. The summed E-state index contributed by atoms with van der Waals surface area (Å²) in [6.07, 6.45) is 0.160. The first kappa shape index (κ1) is 24.7. The van der Waals surface area contributed by atoms with Crippen molar-refractivity contribution in [1.29, 1.82) is 0 Å². The minimum Gasteiger partial charge on any atom is -0.467 e. The molecular formula is C21H39NO5Si. The van der Waals surface area contributed by atoms with Crippen molar-refractivity contribution in [2.45, 2.75) is 103 Å². The van der Waals surface area contributed by atoms with Crippen LogP contribution in [0.4, 0.5) is 4.79 Å². The fourth-order valence-corrected chi connectivity index (χ4v) is 4.46. The van der Waals surface area contributed by atoms with Crippen LogP contribution in [0.25, 0.3) is 0 Å². The summed E-state index contributed by atoms with van der Waals surface area (Å²) in [5.74, 6) is -0.445. The highest BCUT2D eigenvalue weighted by Gasteiger charge is 2.52. The van der Waals surface area contributed by atoms with Crippen LogP contribution in [0.2, 0.25) is 18.1 Å². The molecule has 0 radical (unpaired) electrons. The van der Waals surface area contributed by atoms with E-state index in [1.54, 1.807) is 0 Å². The zero-order chi connectivity index (χ0) is 22.1. The molecule has 1 rings (SSSR count). The first-order valence-corrected chi connectivity index (χ1v) is 12.8. The Hall–Kier alpha value is -1.34. The van der Waals surface area contributed by atoms with E-state index in [1.165, 1.54) is 12.0 Å². The Morgan fingerprint density at radius 3 is 2.07 bits per heavy atom. The zero-order valence-corrected chi connectivity index (χ0v) is 20.3. The predicted octanol–water partition coefficient (Wildman–Crippen LogP) is 4.89. The Kier molecular flexibility index (Phi) is 7.56. The highest BCUT2D eigenvalue weighted by Crippen LogP contribution is 2.41. The average Bonchev–Trinajstić information content (AvgIpc) is 2.80. The number of likely N-dealkylation sites (tertiary alicyclic amines) is 1. The van der Waals surface area contributed by atoms with Crippen molar-refractivity contribution in [3.63, 3.8) is 0 Å². The zero-order valence-electron chi connectivity index (χ0n) is 19.3. The summed E-state index contributed by atoms with van der Waals surface area (Å²) in [5.41, 5.74) is 0.261. The lowest BCUT2D eigenvalue weighted by Gasteiger charge is -2.40. The van der Waals surface area contributed by atoms with Crippen molar-refractivity contribution in [3.05, 3.63) is 12.2 Å². The second-order valence-corrected chi connectivity index (χ2v) is 15.1. The number of hydrogen-bond donors (Lipinski definition) is 0. The molecule has 0 N–H and O–H groups in total. The first-order valence-electron chi connectivity index (χ1n) is 9.91. The number of ether oxygens (including phenoxy) is 2. The van der Waals surface area contributed by atoms with Gasteiger partial charge in [0.25, 0.3) is 0 Å². The smallest absolute Gasteiger partial charge is 0.411 e. The maximum atomic E-state index is 13.0. The Labute approximate surface area is 171 Å². The predicted molar refractivity (Wildman–Crippen MR) is 114 cm³/mol. The minimum absolute atomic E-state index is 0.0148. The number of rotatable bonds is 5. The molecule has 0 aromatic heterocycles. The summed E-state index contributed by atoms with van der Waals surface area (Å²) in [7, 11) is -0.770. The van der Waals surface area contributed by atoms with E-state index >= 15 is 0 Å². The van der Waals surface area contributed by atoms with Gasteiger partial charge in [0.05, 0.1) is 19.3 Å². The van der Waals surface area contributed by atoms with E-state index in [1.807, 2.05) is 27.7 Å². The fourth-order valence-electron chi connectivity index (χ4n) is 3.09. The molecule has 3 atom stereocenters. The van der Waals surface area contributed by atoms with Crippen LogP contribution in [0.5, 0.6) is 0 Å². The van der Waals surface area contributed by atoms with Gasteiger partial charge in [0.1, 0.15) is 11.6 Å². The highest BCUT2D eigenvalue weighted by molar-refractivity contribution is 6.74. The van der Waals surface area contributed by atoms with Gasteiger partial charge in [-0.15, -0.1) is 6.58 Å². The number of methoxy groups -OCH3 is 1. The fraction of sp³-hybridized carbons (Fsp3) is 0.810. The lowest BCUT2D eigenvalue weighted by molar-refractivity contribution is -0.146. The number of esters is 1. The van der Waals surface area contributed by atoms with Gasteiger partial charge in [-0.25, -0.2) is 9.59 Å². The van der Waals surface area contributed by atoms with E-state index < -0.39 is 32.0 Å². The molecule has 0 unspecified atom stereocenters. The van der Waals surface area contributed by atoms with E-state index in [2.05, 4.69) is 40.4 Å². The van der Waals surface area contributed by atoms with Gasteiger partial charge in [0.2, 0.25) is 0 Å². The van der Waals surface area contributed by atoms with Gasteiger partial charge in [-0.05, 0) is 52.2 Å². The van der Waals surface area contributed by atoms with Crippen molar-refractivity contribution >= 4 is 20.4 Å². The Morgan fingerprint density at radius 2 is 1.68 bits per heavy atom. The van der Waals surface area contributed by atoms with Crippen LogP contribution in [0.15, 0.2) is 12.2 Å². The van der Waals surface area contributed by atoms with Crippen LogP contribution in [-0.4, -0.2) is 56.2 Å². The molecule has 6 nitrogen and oxygen atoms in total. The average molecular weight is 414 g/mol. The third kappa shape index (κ3) is 6.08. The van der Waals surface area contributed by atoms with E-state index in [0.717, 1.165) is 5.57 Å². The van der Waals surface area contributed by atoms with Crippen LogP contribution in [-0.2, 0) is 18.7 Å². The molecule has 1 aliphatic rings. The van der Waals surface area contributed by atoms with E-state index in [-0.39, 0.29) is 17.2 Å². The number of carbonyl (C=O) groups excluding carboxylic acids is 2. The molecule has 162 valence electrons. The van der Waals surface area contributed by atoms with Gasteiger partial charge in [0.15, 0.2) is 8.32 Å². The summed E-state index contributed by atoms with van der Waals surface area (Å²) in [5, 5.41) is 0.0148. The van der Waals surface area contributed by atoms with Gasteiger partial charge < -0.3 is 13.9 Å². The van der Waals surface area contributed by atoms with Gasteiger partial charge >= 0.3 is 12.1 Å². The highest BCUT2D eigenvalue weighted by atomic mass is 28.4. The molecule has 0 aromatic rings. The van der Waals surface area contributed by atoms with Gasteiger partial charge in [-0.2, -0.15) is 0 Å². The van der Waals surface area contributed by atoms with Crippen molar-refractivity contribution in [3.8, 4) is 0 Å². The molecule has 1 heterocycles. The van der Waals surface area contributed by atoms with E-state index in [9.17, 15) is 9.59 Å². The molecule has 0 bridgehead atoms. The summed E-state index contributed by atoms with van der Waals surface area (Å²) in [4.78, 5) is 27.0. The summed E-state index contributed by atoms with van der Waals surface area (Å²) in [6.45, 7) is 22.2. The van der Waals surface area contributed by atoms with Gasteiger partial charge in [-0.3, -0.25) is 4.90 Å². The summed E-state index contributed by atoms with van der Waals surface area (Å²) >= 11 is 0. The first-order chi connectivity index (χ1) is 12.5. The molecule has 1 fully saturated rings. The van der Waals surface area contributed by atoms with Crippen molar-refractivity contribution in [1.82, 2.24) is 4.90 Å². The van der Waals surface area contributed by atoms with E-state index in [4.69, 9.17) is 13.9 Å². The van der Waals surface area contributed by atoms with E-state index in [0.29, 0.717) is 12.8 Å².